The monoisotopic (exact) mass is 704 g/mol. The molecule has 0 saturated carbocycles. The van der Waals surface area contributed by atoms with Crippen molar-refractivity contribution < 1.29 is 4.42 Å². The quantitative estimate of drug-likeness (QED) is 0.157. The first-order chi connectivity index (χ1) is 27.3. The Kier molecular flexibility index (Phi) is 8.16. The number of nitrogens with zero attached hydrogens (tertiary/aromatic N) is 2. The van der Waals surface area contributed by atoms with Crippen LogP contribution in [-0.4, -0.2) is 0 Å². The fourth-order valence-corrected chi connectivity index (χ4v) is 7.91. The Hall–Kier alpha value is -7.36. The Bertz CT molecular complexity index is 2920. The van der Waals surface area contributed by atoms with E-state index in [4.69, 9.17) is 4.42 Å². The van der Waals surface area contributed by atoms with E-state index in [-0.39, 0.29) is 0 Å². The minimum atomic E-state index is 0.814. The number of hydrogen-bond acceptors (Lipinski definition) is 3. The van der Waals surface area contributed by atoms with Gasteiger partial charge in [-0.05, 0) is 76.5 Å². The predicted octanol–water partition coefficient (Wildman–Crippen LogP) is 15.0. The zero-order chi connectivity index (χ0) is 36.6. The maximum atomic E-state index is 6.96. The molecule has 1 aromatic heterocycles. The molecule has 0 amide bonds. The van der Waals surface area contributed by atoms with E-state index in [0.29, 0.717) is 0 Å². The highest BCUT2D eigenvalue weighted by Gasteiger charge is 2.26. The van der Waals surface area contributed by atoms with Crippen LogP contribution in [0.3, 0.4) is 0 Å². The molecule has 0 aliphatic carbocycles. The molecule has 0 atom stereocenters. The Morgan fingerprint density at radius 3 is 1.35 bits per heavy atom. The number of fused-ring (bicyclic) bond motifs is 4. The molecular weight excluding hydrogens is 669 g/mol. The molecule has 0 aliphatic rings. The smallest absolute Gasteiger partial charge is 0.139 e. The first-order valence-electron chi connectivity index (χ1n) is 18.7. The standard InChI is InChI=1S/C52H36N2O/c1-5-19-37(20-6-1)44-29-15-17-31-47(44)53(41-25-9-3-10-26-41)43-35-49(52-46-33-39-23-13-14-24-40(39)34-50(46)55-51(52)36-43)54(42-27-11-4-12-28-42)48-32-18-16-30-45(48)38-21-7-2-8-22-38/h1-36H. The van der Waals surface area contributed by atoms with Crippen LogP contribution in [0.4, 0.5) is 34.1 Å². The van der Waals surface area contributed by atoms with Crippen LogP contribution in [-0.2, 0) is 0 Å². The number of rotatable bonds is 8. The third-order valence-corrected chi connectivity index (χ3v) is 10.4. The lowest BCUT2D eigenvalue weighted by atomic mass is 9.99. The van der Waals surface area contributed by atoms with Gasteiger partial charge in [0.05, 0.1) is 28.1 Å². The largest absolute Gasteiger partial charge is 0.456 e. The van der Waals surface area contributed by atoms with Crippen molar-refractivity contribution >= 4 is 66.8 Å². The first-order valence-corrected chi connectivity index (χ1v) is 18.7. The minimum Gasteiger partial charge on any atom is -0.456 e. The average molecular weight is 705 g/mol. The molecule has 10 rings (SSSR count). The van der Waals surface area contributed by atoms with Gasteiger partial charge < -0.3 is 14.2 Å². The van der Waals surface area contributed by atoms with Crippen LogP contribution in [0.5, 0.6) is 0 Å². The summed E-state index contributed by atoms with van der Waals surface area (Å²) in [6.07, 6.45) is 0. The zero-order valence-corrected chi connectivity index (χ0v) is 30.1. The number of hydrogen-bond donors (Lipinski definition) is 0. The van der Waals surface area contributed by atoms with Crippen LogP contribution in [0.15, 0.2) is 223 Å². The van der Waals surface area contributed by atoms with E-state index in [2.05, 4.69) is 228 Å². The van der Waals surface area contributed by atoms with Gasteiger partial charge in [-0.15, -0.1) is 0 Å². The van der Waals surface area contributed by atoms with Crippen LogP contribution in [0.1, 0.15) is 0 Å². The lowest BCUT2D eigenvalue weighted by molar-refractivity contribution is 0.669. The van der Waals surface area contributed by atoms with Gasteiger partial charge in [-0.3, -0.25) is 0 Å². The molecule has 3 nitrogen and oxygen atoms in total. The molecule has 10 aromatic rings. The van der Waals surface area contributed by atoms with E-state index in [0.717, 1.165) is 83.7 Å². The van der Waals surface area contributed by atoms with Crippen molar-refractivity contribution in [2.24, 2.45) is 0 Å². The van der Waals surface area contributed by atoms with Gasteiger partial charge in [-0.25, -0.2) is 0 Å². The van der Waals surface area contributed by atoms with Crippen LogP contribution in [0, 0.1) is 0 Å². The van der Waals surface area contributed by atoms with Gasteiger partial charge in [0.25, 0.3) is 0 Å². The van der Waals surface area contributed by atoms with Gasteiger partial charge in [0, 0.05) is 34.0 Å². The summed E-state index contributed by atoms with van der Waals surface area (Å²) in [4.78, 5) is 4.77. The molecular formula is C52H36N2O. The highest BCUT2D eigenvalue weighted by molar-refractivity contribution is 6.18. The van der Waals surface area contributed by atoms with Gasteiger partial charge in [0.15, 0.2) is 0 Å². The molecule has 0 saturated heterocycles. The van der Waals surface area contributed by atoms with Crippen molar-refractivity contribution in [2.45, 2.75) is 0 Å². The number of para-hydroxylation sites is 4. The molecule has 0 radical (unpaired) electrons. The molecule has 0 aliphatic heterocycles. The third-order valence-electron chi connectivity index (χ3n) is 10.4. The van der Waals surface area contributed by atoms with Crippen LogP contribution in [0.25, 0.3) is 55.0 Å². The molecule has 260 valence electrons. The van der Waals surface area contributed by atoms with E-state index in [1.54, 1.807) is 0 Å². The number of anilines is 6. The summed E-state index contributed by atoms with van der Waals surface area (Å²) in [5.74, 6) is 0. The van der Waals surface area contributed by atoms with Crippen LogP contribution in [0.2, 0.25) is 0 Å². The summed E-state index contributed by atoms with van der Waals surface area (Å²) in [5.41, 5.74) is 12.5. The van der Waals surface area contributed by atoms with Gasteiger partial charge in [0.2, 0.25) is 0 Å². The third kappa shape index (κ3) is 5.89. The highest BCUT2D eigenvalue weighted by Crippen LogP contribution is 2.50. The second-order valence-corrected chi connectivity index (χ2v) is 13.7. The van der Waals surface area contributed by atoms with Crippen LogP contribution < -0.4 is 9.80 Å². The first kappa shape index (κ1) is 32.3. The maximum absolute atomic E-state index is 6.96. The van der Waals surface area contributed by atoms with Gasteiger partial charge in [0.1, 0.15) is 11.2 Å². The molecule has 0 N–H and O–H groups in total. The Labute approximate surface area is 320 Å². The molecule has 3 heteroatoms. The molecule has 55 heavy (non-hydrogen) atoms. The van der Waals surface area contributed by atoms with Gasteiger partial charge in [-0.1, -0.05) is 158 Å². The van der Waals surface area contributed by atoms with Crippen molar-refractivity contribution in [3.8, 4) is 22.3 Å². The predicted molar refractivity (Wildman–Crippen MR) is 231 cm³/mol. The molecule has 9 aromatic carbocycles. The second kappa shape index (κ2) is 13.9. The molecule has 0 fully saturated rings. The zero-order valence-electron chi connectivity index (χ0n) is 30.1. The van der Waals surface area contributed by atoms with E-state index in [9.17, 15) is 0 Å². The maximum Gasteiger partial charge on any atom is 0.139 e. The van der Waals surface area contributed by atoms with Crippen molar-refractivity contribution in [2.75, 3.05) is 9.80 Å². The summed E-state index contributed by atoms with van der Waals surface area (Å²) < 4.78 is 6.96. The fraction of sp³-hybridized carbons (Fsp3) is 0. The molecule has 0 bridgehead atoms. The van der Waals surface area contributed by atoms with E-state index < -0.39 is 0 Å². The summed E-state index contributed by atoms with van der Waals surface area (Å²) in [6.45, 7) is 0. The second-order valence-electron chi connectivity index (χ2n) is 13.7. The van der Waals surface area contributed by atoms with Gasteiger partial charge >= 0.3 is 0 Å². The van der Waals surface area contributed by atoms with E-state index >= 15 is 0 Å². The van der Waals surface area contributed by atoms with Crippen molar-refractivity contribution in [1.82, 2.24) is 0 Å². The fourth-order valence-electron chi connectivity index (χ4n) is 7.91. The van der Waals surface area contributed by atoms with Crippen molar-refractivity contribution in [1.29, 1.82) is 0 Å². The summed E-state index contributed by atoms with van der Waals surface area (Å²) in [5, 5.41) is 4.45. The summed E-state index contributed by atoms with van der Waals surface area (Å²) in [7, 11) is 0. The lowest BCUT2D eigenvalue weighted by Crippen LogP contribution is -2.14. The van der Waals surface area contributed by atoms with Crippen molar-refractivity contribution in [3.63, 3.8) is 0 Å². The number of furan rings is 1. The molecule has 0 unspecified atom stereocenters. The van der Waals surface area contributed by atoms with E-state index in [1.807, 2.05) is 0 Å². The van der Waals surface area contributed by atoms with Crippen molar-refractivity contribution in [3.05, 3.63) is 218 Å². The van der Waals surface area contributed by atoms with Crippen LogP contribution >= 0.6 is 0 Å². The lowest BCUT2D eigenvalue weighted by Gasteiger charge is -2.32. The molecule has 0 spiro atoms. The Morgan fingerprint density at radius 1 is 0.309 bits per heavy atom. The molecule has 1 heterocycles. The summed E-state index contributed by atoms with van der Waals surface area (Å²) >= 11 is 0. The SMILES string of the molecule is c1ccc(-c2ccccc2N(c2ccccc2)c2cc(N(c3ccccc3)c3ccccc3-c3ccccc3)c3c(c2)oc2cc4ccccc4cc23)cc1. The average Bonchev–Trinajstić information content (AvgIpc) is 3.62. The Morgan fingerprint density at radius 2 is 0.764 bits per heavy atom. The topological polar surface area (TPSA) is 19.6 Å². The number of benzene rings is 9. The normalized spacial score (nSPS) is 11.3. The van der Waals surface area contributed by atoms with E-state index in [1.165, 1.54) is 5.39 Å². The highest BCUT2D eigenvalue weighted by atomic mass is 16.3. The Balaban J connectivity index is 1.32. The summed E-state index contributed by atoms with van der Waals surface area (Å²) in [6, 6.07) is 77.5. The minimum absolute atomic E-state index is 0.814. The van der Waals surface area contributed by atoms with Gasteiger partial charge in [-0.2, -0.15) is 0 Å².